The van der Waals surface area contributed by atoms with Gasteiger partial charge in [-0.1, -0.05) is 46.3 Å². The SMILES string of the molecule is CN(Cc1nc2ccccc2o1)Cc1ccccc1Br. The summed E-state index contributed by atoms with van der Waals surface area (Å²) in [6.45, 7) is 1.54. The Labute approximate surface area is 126 Å². The first kappa shape index (κ1) is 13.3. The van der Waals surface area contributed by atoms with Gasteiger partial charge in [-0.2, -0.15) is 0 Å². The third-order valence-corrected chi connectivity index (χ3v) is 3.92. The maximum Gasteiger partial charge on any atom is 0.209 e. The van der Waals surface area contributed by atoms with Gasteiger partial charge in [-0.05, 0) is 30.8 Å². The Morgan fingerprint density at radius 2 is 1.80 bits per heavy atom. The number of para-hydroxylation sites is 2. The Kier molecular flexibility index (Phi) is 3.85. The van der Waals surface area contributed by atoms with Crippen molar-refractivity contribution in [3.05, 3.63) is 64.5 Å². The fourth-order valence-electron chi connectivity index (χ4n) is 2.19. The zero-order chi connectivity index (χ0) is 13.9. The lowest BCUT2D eigenvalue weighted by molar-refractivity contribution is 0.285. The monoisotopic (exact) mass is 330 g/mol. The van der Waals surface area contributed by atoms with Gasteiger partial charge in [0.05, 0.1) is 6.54 Å². The summed E-state index contributed by atoms with van der Waals surface area (Å²) in [6.07, 6.45) is 0. The Balaban J connectivity index is 1.72. The second kappa shape index (κ2) is 5.77. The van der Waals surface area contributed by atoms with Crippen molar-refractivity contribution >= 4 is 27.0 Å². The number of aromatic nitrogens is 1. The summed E-state index contributed by atoms with van der Waals surface area (Å²) in [5.74, 6) is 0.751. The summed E-state index contributed by atoms with van der Waals surface area (Å²) in [4.78, 5) is 6.68. The Morgan fingerprint density at radius 3 is 2.60 bits per heavy atom. The van der Waals surface area contributed by atoms with Crippen molar-refractivity contribution in [3.8, 4) is 0 Å². The molecule has 20 heavy (non-hydrogen) atoms. The fourth-order valence-corrected chi connectivity index (χ4v) is 2.60. The van der Waals surface area contributed by atoms with Crippen molar-refractivity contribution in [2.24, 2.45) is 0 Å². The molecule has 3 aromatic rings. The van der Waals surface area contributed by atoms with Crippen LogP contribution in [-0.2, 0) is 13.1 Å². The van der Waals surface area contributed by atoms with Crippen LogP contribution in [0.3, 0.4) is 0 Å². The van der Waals surface area contributed by atoms with Gasteiger partial charge in [-0.15, -0.1) is 0 Å². The molecule has 1 heterocycles. The van der Waals surface area contributed by atoms with Crippen LogP contribution in [0, 0.1) is 0 Å². The van der Waals surface area contributed by atoms with Crippen LogP contribution in [0.5, 0.6) is 0 Å². The summed E-state index contributed by atoms with van der Waals surface area (Å²) >= 11 is 3.57. The van der Waals surface area contributed by atoms with Crippen molar-refractivity contribution in [1.82, 2.24) is 9.88 Å². The first-order valence-corrected chi connectivity index (χ1v) is 7.28. The lowest BCUT2D eigenvalue weighted by Gasteiger charge is -2.15. The molecule has 0 fully saturated rings. The fraction of sp³-hybridized carbons (Fsp3) is 0.188. The highest BCUT2D eigenvalue weighted by Crippen LogP contribution is 2.19. The number of halogens is 1. The summed E-state index contributed by atoms with van der Waals surface area (Å²) in [6, 6.07) is 16.1. The Bertz CT molecular complexity index is 690. The van der Waals surface area contributed by atoms with Crippen LogP contribution in [0.2, 0.25) is 0 Å². The number of rotatable bonds is 4. The van der Waals surface area contributed by atoms with E-state index < -0.39 is 0 Å². The zero-order valence-corrected chi connectivity index (χ0v) is 12.8. The van der Waals surface area contributed by atoms with Crippen molar-refractivity contribution in [2.45, 2.75) is 13.1 Å². The first-order valence-electron chi connectivity index (χ1n) is 6.49. The highest BCUT2D eigenvalue weighted by Gasteiger charge is 2.09. The molecule has 0 aliphatic rings. The minimum atomic E-state index is 0.690. The van der Waals surface area contributed by atoms with Crippen molar-refractivity contribution < 1.29 is 4.42 Å². The molecule has 0 spiro atoms. The molecular weight excluding hydrogens is 316 g/mol. The number of nitrogens with zero attached hydrogens (tertiary/aromatic N) is 2. The van der Waals surface area contributed by atoms with E-state index in [1.54, 1.807) is 0 Å². The molecule has 4 heteroatoms. The van der Waals surface area contributed by atoms with E-state index in [1.165, 1.54) is 5.56 Å². The summed E-state index contributed by atoms with van der Waals surface area (Å²) < 4.78 is 6.87. The first-order chi connectivity index (χ1) is 9.72. The predicted octanol–water partition coefficient (Wildman–Crippen LogP) is 4.22. The predicted molar refractivity (Wildman–Crippen MR) is 83.3 cm³/mol. The molecule has 0 radical (unpaired) electrons. The lowest BCUT2D eigenvalue weighted by atomic mass is 10.2. The smallest absolute Gasteiger partial charge is 0.209 e. The minimum Gasteiger partial charge on any atom is -0.439 e. The second-order valence-electron chi connectivity index (χ2n) is 4.84. The maximum atomic E-state index is 5.74. The zero-order valence-electron chi connectivity index (χ0n) is 11.2. The number of fused-ring (bicyclic) bond motifs is 1. The van der Waals surface area contributed by atoms with Crippen LogP contribution in [0.25, 0.3) is 11.1 Å². The van der Waals surface area contributed by atoms with Gasteiger partial charge in [0.2, 0.25) is 5.89 Å². The van der Waals surface area contributed by atoms with E-state index >= 15 is 0 Å². The van der Waals surface area contributed by atoms with E-state index in [0.29, 0.717) is 6.54 Å². The molecule has 0 amide bonds. The van der Waals surface area contributed by atoms with Gasteiger partial charge in [0, 0.05) is 11.0 Å². The molecule has 0 saturated heterocycles. The maximum absolute atomic E-state index is 5.74. The molecule has 0 unspecified atom stereocenters. The quantitative estimate of drug-likeness (QED) is 0.717. The van der Waals surface area contributed by atoms with Gasteiger partial charge < -0.3 is 4.42 Å². The van der Waals surface area contributed by atoms with Gasteiger partial charge in [-0.3, -0.25) is 4.90 Å². The average Bonchev–Trinajstić information content (AvgIpc) is 2.83. The molecule has 1 aromatic heterocycles. The molecule has 0 aliphatic heterocycles. The number of benzene rings is 2. The normalized spacial score (nSPS) is 11.3. The van der Waals surface area contributed by atoms with Crippen LogP contribution >= 0.6 is 15.9 Å². The molecule has 0 bridgehead atoms. The molecule has 102 valence electrons. The van der Waals surface area contributed by atoms with Gasteiger partial charge in [0.1, 0.15) is 5.52 Å². The molecule has 0 saturated carbocycles. The van der Waals surface area contributed by atoms with Gasteiger partial charge in [0.15, 0.2) is 5.58 Å². The van der Waals surface area contributed by atoms with E-state index in [0.717, 1.165) is 28.0 Å². The van der Waals surface area contributed by atoms with Crippen LogP contribution in [0.1, 0.15) is 11.5 Å². The Hall–Kier alpha value is -1.65. The minimum absolute atomic E-state index is 0.690. The van der Waals surface area contributed by atoms with Gasteiger partial charge >= 0.3 is 0 Å². The van der Waals surface area contributed by atoms with Gasteiger partial charge in [-0.25, -0.2) is 4.98 Å². The average molecular weight is 331 g/mol. The van der Waals surface area contributed by atoms with Crippen LogP contribution < -0.4 is 0 Å². The van der Waals surface area contributed by atoms with E-state index in [4.69, 9.17) is 4.42 Å². The van der Waals surface area contributed by atoms with E-state index in [2.05, 4.69) is 45.0 Å². The number of hydrogen-bond donors (Lipinski definition) is 0. The molecule has 0 atom stereocenters. The van der Waals surface area contributed by atoms with E-state index in [-0.39, 0.29) is 0 Å². The summed E-state index contributed by atoms with van der Waals surface area (Å²) in [7, 11) is 2.06. The second-order valence-corrected chi connectivity index (χ2v) is 5.69. The van der Waals surface area contributed by atoms with Crippen molar-refractivity contribution in [2.75, 3.05) is 7.05 Å². The van der Waals surface area contributed by atoms with E-state index in [1.807, 2.05) is 36.4 Å². The molecule has 0 aliphatic carbocycles. The highest BCUT2D eigenvalue weighted by atomic mass is 79.9. The molecular formula is C16H15BrN2O. The largest absolute Gasteiger partial charge is 0.439 e. The highest BCUT2D eigenvalue weighted by molar-refractivity contribution is 9.10. The topological polar surface area (TPSA) is 29.3 Å². The van der Waals surface area contributed by atoms with Crippen LogP contribution in [0.15, 0.2) is 57.4 Å². The van der Waals surface area contributed by atoms with Crippen LogP contribution in [-0.4, -0.2) is 16.9 Å². The summed E-state index contributed by atoms with van der Waals surface area (Å²) in [5.41, 5.74) is 3.01. The standard InChI is InChI=1S/C16H15BrN2O/c1-19(10-12-6-2-3-7-13(12)17)11-16-18-14-8-4-5-9-15(14)20-16/h2-9H,10-11H2,1H3. The Morgan fingerprint density at radius 1 is 1.05 bits per heavy atom. The third-order valence-electron chi connectivity index (χ3n) is 3.14. The summed E-state index contributed by atoms with van der Waals surface area (Å²) in [5, 5.41) is 0. The number of hydrogen-bond acceptors (Lipinski definition) is 3. The molecule has 3 rings (SSSR count). The van der Waals surface area contributed by atoms with Crippen molar-refractivity contribution in [1.29, 1.82) is 0 Å². The lowest BCUT2D eigenvalue weighted by Crippen LogP contribution is -2.17. The number of oxazole rings is 1. The molecule has 2 aromatic carbocycles. The molecule has 0 N–H and O–H groups in total. The third kappa shape index (κ3) is 2.92. The van der Waals surface area contributed by atoms with E-state index in [9.17, 15) is 0 Å². The van der Waals surface area contributed by atoms with Gasteiger partial charge in [0.25, 0.3) is 0 Å². The van der Waals surface area contributed by atoms with Crippen LogP contribution in [0.4, 0.5) is 0 Å². The van der Waals surface area contributed by atoms with Crippen molar-refractivity contribution in [3.63, 3.8) is 0 Å². The molecule has 3 nitrogen and oxygen atoms in total.